The summed E-state index contributed by atoms with van der Waals surface area (Å²) in [6.45, 7) is 4.87. The van der Waals surface area contributed by atoms with E-state index in [0.29, 0.717) is 47.8 Å². The number of rotatable bonds is 6. The third-order valence-electron chi connectivity index (χ3n) is 6.15. The van der Waals surface area contributed by atoms with E-state index < -0.39 is 11.4 Å². The molecule has 2 aromatic heterocycles. The van der Waals surface area contributed by atoms with Gasteiger partial charge in [-0.05, 0) is 31.4 Å². The number of nitrogens with zero attached hydrogens (tertiary/aromatic N) is 4. The molecular weight excluding hydrogens is 418 g/mol. The van der Waals surface area contributed by atoms with Gasteiger partial charge in [-0.2, -0.15) is 4.40 Å². The number of ketones is 1. The predicted molar refractivity (Wildman–Crippen MR) is 119 cm³/mol. The number of carbonyl (C=O) groups excluding carboxylic acids is 1. The van der Waals surface area contributed by atoms with Gasteiger partial charge in [0.05, 0.1) is 11.3 Å². The normalized spacial score (nSPS) is 21.0. The van der Waals surface area contributed by atoms with E-state index in [-0.39, 0.29) is 22.8 Å². The average molecular weight is 442 g/mol. The second-order valence-corrected chi connectivity index (χ2v) is 9.19. The van der Waals surface area contributed by atoms with Crippen LogP contribution in [-0.4, -0.2) is 45.3 Å². The summed E-state index contributed by atoms with van der Waals surface area (Å²) in [5.74, 6) is 1.03. The van der Waals surface area contributed by atoms with Crippen molar-refractivity contribution in [2.45, 2.75) is 38.6 Å². The van der Waals surface area contributed by atoms with Gasteiger partial charge in [-0.1, -0.05) is 6.92 Å². The zero-order valence-corrected chi connectivity index (χ0v) is 18.1. The molecule has 9 nitrogen and oxygen atoms in total. The fourth-order valence-electron chi connectivity index (χ4n) is 4.11. The summed E-state index contributed by atoms with van der Waals surface area (Å²) < 4.78 is 6.21. The van der Waals surface area contributed by atoms with E-state index in [4.69, 9.17) is 4.98 Å². The van der Waals surface area contributed by atoms with Crippen molar-refractivity contribution in [3.05, 3.63) is 33.6 Å². The molecule has 2 aromatic rings. The topological polar surface area (TPSA) is 117 Å². The van der Waals surface area contributed by atoms with E-state index in [1.165, 1.54) is 18.1 Å². The fraction of sp³-hybridized carbons (Fsp3) is 0.476. The molecule has 1 unspecified atom stereocenters. The number of pyridine rings is 2. The highest BCUT2D eigenvalue weighted by Crippen LogP contribution is 2.38. The minimum absolute atomic E-state index is 0.0148. The van der Waals surface area contributed by atoms with Gasteiger partial charge < -0.3 is 15.3 Å². The number of fused-ring (bicyclic) bond motifs is 1. The number of amidine groups is 1. The summed E-state index contributed by atoms with van der Waals surface area (Å²) in [5, 5.41) is 13.3. The standard InChI is InChI=1S/C21H23N5O4S/c1-3-14(27)12-7-25(8-12)15-6-10(2)16-17(28)13(20(29)30)9-26(19(16)22-15)21-23-18(24-31-21)11-4-5-11/h6,9,11-12,21H,3-5,7-8H2,1-2H3,(H,23,24)(H,29,30). The third kappa shape index (κ3) is 3.38. The Morgan fingerprint density at radius 2 is 2.06 bits per heavy atom. The number of carbonyl (C=O) groups is 2. The summed E-state index contributed by atoms with van der Waals surface area (Å²) >= 11 is 1.31. The van der Waals surface area contributed by atoms with Crippen molar-refractivity contribution in [3.8, 4) is 0 Å². The lowest BCUT2D eigenvalue weighted by atomic mass is 9.93. The molecule has 1 saturated carbocycles. The number of nitrogens with one attached hydrogen (secondary N) is 1. The van der Waals surface area contributed by atoms with E-state index in [2.05, 4.69) is 9.71 Å². The quantitative estimate of drug-likeness (QED) is 0.656. The summed E-state index contributed by atoms with van der Waals surface area (Å²) in [7, 11) is 0. The molecule has 31 heavy (non-hydrogen) atoms. The molecule has 1 aliphatic carbocycles. The summed E-state index contributed by atoms with van der Waals surface area (Å²) in [6, 6.07) is 1.80. The number of aromatic carboxylic acids is 1. The Morgan fingerprint density at radius 3 is 2.71 bits per heavy atom. The van der Waals surface area contributed by atoms with E-state index in [0.717, 1.165) is 18.7 Å². The highest BCUT2D eigenvalue weighted by molar-refractivity contribution is 7.98. The molecule has 0 aromatic carbocycles. The van der Waals surface area contributed by atoms with Crippen LogP contribution in [0, 0.1) is 18.8 Å². The van der Waals surface area contributed by atoms with E-state index in [1.807, 2.05) is 11.8 Å². The Kier molecular flexibility index (Phi) is 4.76. The van der Waals surface area contributed by atoms with Crippen LogP contribution in [0.1, 0.15) is 47.6 Å². The number of anilines is 1. The van der Waals surface area contributed by atoms with Crippen LogP contribution < -0.4 is 15.6 Å². The van der Waals surface area contributed by atoms with Crippen molar-refractivity contribution >= 4 is 46.4 Å². The van der Waals surface area contributed by atoms with Crippen molar-refractivity contribution in [2.75, 3.05) is 18.0 Å². The number of hydrogen-bond donors (Lipinski definition) is 2. The lowest BCUT2D eigenvalue weighted by Gasteiger charge is -2.39. The molecule has 0 radical (unpaired) electrons. The van der Waals surface area contributed by atoms with Gasteiger partial charge in [0.25, 0.3) is 0 Å². The van der Waals surface area contributed by atoms with Crippen LogP contribution in [0.5, 0.6) is 0 Å². The first kappa shape index (κ1) is 20.0. The average Bonchev–Trinajstić information content (AvgIpc) is 3.43. The number of hydrogen-bond acceptors (Lipinski definition) is 8. The summed E-state index contributed by atoms with van der Waals surface area (Å²) in [6.07, 6.45) is 4.07. The first-order valence-electron chi connectivity index (χ1n) is 10.4. The van der Waals surface area contributed by atoms with Crippen LogP contribution in [0.3, 0.4) is 0 Å². The largest absolute Gasteiger partial charge is 0.477 e. The molecule has 5 rings (SSSR count). The molecule has 1 saturated heterocycles. The lowest BCUT2D eigenvalue weighted by molar-refractivity contribution is -0.123. The number of carboxylic acids is 1. The maximum absolute atomic E-state index is 12.9. The van der Waals surface area contributed by atoms with Crippen LogP contribution in [0.25, 0.3) is 11.0 Å². The minimum atomic E-state index is -1.26. The smallest absolute Gasteiger partial charge is 0.341 e. The molecule has 0 amide bonds. The van der Waals surface area contributed by atoms with Gasteiger partial charge in [0, 0.05) is 43.6 Å². The Labute approximate surface area is 182 Å². The maximum atomic E-state index is 12.9. The number of aromatic nitrogens is 2. The summed E-state index contributed by atoms with van der Waals surface area (Å²) in [4.78, 5) is 43.4. The van der Waals surface area contributed by atoms with Gasteiger partial charge in [-0.25, -0.2) is 9.78 Å². The molecule has 1 atom stereocenters. The van der Waals surface area contributed by atoms with Gasteiger partial charge in [0.15, 0.2) is 5.50 Å². The van der Waals surface area contributed by atoms with E-state index in [9.17, 15) is 19.5 Å². The van der Waals surface area contributed by atoms with Crippen LogP contribution in [-0.2, 0) is 4.79 Å². The van der Waals surface area contributed by atoms with Crippen LogP contribution in [0.15, 0.2) is 21.5 Å². The second kappa shape index (κ2) is 7.37. The number of Topliss-reactive ketones (excluding diaryl/α,β-unsaturated/α-hetero) is 1. The van der Waals surface area contributed by atoms with Crippen molar-refractivity contribution in [1.82, 2.24) is 14.9 Å². The Hall–Kier alpha value is -2.88. The molecule has 2 aliphatic heterocycles. The van der Waals surface area contributed by atoms with Crippen molar-refractivity contribution < 1.29 is 14.7 Å². The SMILES string of the molecule is CCC(=O)C1CN(c2cc(C)c3c(=O)c(C(=O)O)cn(C4NC(C5CC5)=NS4)c3n2)C1. The first-order valence-corrected chi connectivity index (χ1v) is 11.3. The van der Waals surface area contributed by atoms with Gasteiger partial charge in [-0.3, -0.25) is 14.2 Å². The van der Waals surface area contributed by atoms with Crippen molar-refractivity contribution in [3.63, 3.8) is 0 Å². The van der Waals surface area contributed by atoms with Crippen molar-refractivity contribution in [1.29, 1.82) is 0 Å². The summed E-state index contributed by atoms with van der Waals surface area (Å²) in [5.41, 5.74) is -0.106. The zero-order valence-electron chi connectivity index (χ0n) is 17.3. The van der Waals surface area contributed by atoms with Gasteiger partial charge >= 0.3 is 5.97 Å². The molecule has 0 spiro atoms. The van der Waals surface area contributed by atoms with E-state index >= 15 is 0 Å². The monoisotopic (exact) mass is 441 g/mol. The second-order valence-electron chi connectivity index (χ2n) is 8.35. The van der Waals surface area contributed by atoms with Crippen LogP contribution in [0.2, 0.25) is 0 Å². The highest BCUT2D eigenvalue weighted by Gasteiger charge is 2.35. The molecule has 2 N–H and O–H groups in total. The van der Waals surface area contributed by atoms with Gasteiger partial charge in [-0.15, -0.1) is 0 Å². The minimum Gasteiger partial charge on any atom is -0.477 e. The molecule has 10 heteroatoms. The lowest BCUT2D eigenvalue weighted by Crippen LogP contribution is -2.50. The predicted octanol–water partition coefficient (Wildman–Crippen LogP) is 2.33. The Morgan fingerprint density at radius 1 is 1.32 bits per heavy atom. The Balaban J connectivity index is 1.58. The van der Waals surface area contributed by atoms with Crippen LogP contribution >= 0.6 is 11.9 Å². The highest BCUT2D eigenvalue weighted by atomic mass is 32.2. The first-order chi connectivity index (χ1) is 14.9. The van der Waals surface area contributed by atoms with Crippen molar-refractivity contribution in [2.24, 2.45) is 16.2 Å². The number of aryl methyl sites for hydroxylation is 1. The fourth-order valence-corrected chi connectivity index (χ4v) is 4.96. The molecular formula is C21H23N5O4S. The third-order valence-corrected chi connectivity index (χ3v) is 6.99. The Bertz CT molecular complexity index is 1200. The molecule has 3 aliphatic rings. The van der Waals surface area contributed by atoms with Gasteiger partial charge in [0.1, 0.15) is 28.6 Å². The zero-order chi connectivity index (χ0) is 21.9. The molecule has 0 bridgehead atoms. The van der Waals surface area contributed by atoms with E-state index in [1.54, 1.807) is 17.6 Å². The molecule has 162 valence electrons. The van der Waals surface area contributed by atoms with Gasteiger partial charge in [0.2, 0.25) is 5.43 Å². The molecule has 2 fully saturated rings. The molecule has 4 heterocycles. The maximum Gasteiger partial charge on any atom is 0.341 e. The van der Waals surface area contributed by atoms with Crippen LogP contribution in [0.4, 0.5) is 5.82 Å². The number of carboxylic acid groups (broad SMARTS) is 1.